The van der Waals surface area contributed by atoms with Gasteiger partial charge in [-0.05, 0) is 25.0 Å². The Morgan fingerprint density at radius 2 is 1.90 bits per heavy atom. The van der Waals surface area contributed by atoms with E-state index < -0.39 is 6.04 Å². The van der Waals surface area contributed by atoms with Crippen LogP contribution in [0.5, 0.6) is 11.5 Å². The van der Waals surface area contributed by atoms with Gasteiger partial charge in [0.05, 0.1) is 21.3 Å². The summed E-state index contributed by atoms with van der Waals surface area (Å²) in [6.45, 7) is 0. The minimum atomic E-state index is -0.515. The quantitative estimate of drug-likeness (QED) is 0.816. The second-order valence-corrected chi connectivity index (χ2v) is 5.21. The van der Waals surface area contributed by atoms with E-state index in [1.165, 1.54) is 20.0 Å². The Hall–Kier alpha value is -1.75. The number of carbonyl (C=O) groups excluding carboxylic acids is 1. The molecule has 1 aliphatic rings. The van der Waals surface area contributed by atoms with Crippen LogP contribution in [0.2, 0.25) is 0 Å². The standard InChI is InChI=1S/C16H23NO4/c1-19-12-8-9-13(14(10-12)20-2)15(16(18)21-3)17-11-6-4-5-7-11/h8-11,15,17H,4-7H2,1-3H3. The van der Waals surface area contributed by atoms with Crippen LogP contribution in [-0.2, 0) is 9.53 Å². The van der Waals surface area contributed by atoms with Gasteiger partial charge in [-0.25, -0.2) is 4.79 Å². The highest BCUT2D eigenvalue weighted by Crippen LogP contribution is 2.31. The van der Waals surface area contributed by atoms with E-state index >= 15 is 0 Å². The van der Waals surface area contributed by atoms with Gasteiger partial charge in [-0.1, -0.05) is 12.8 Å². The molecule has 1 saturated carbocycles. The van der Waals surface area contributed by atoms with E-state index in [9.17, 15) is 4.79 Å². The van der Waals surface area contributed by atoms with Gasteiger partial charge < -0.3 is 14.2 Å². The summed E-state index contributed by atoms with van der Waals surface area (Å²) in [6.07, 6.45) is 4.58. The maximum atomic E-state index is 12.2. The third-order valence-electron chi connectivity index (χ3n) is 3.95. The third kappa shape index (κ3) is 3.67. The highest BCUT2D eigenvalue weighted by atomic mass is 16.5. The van der Waals surface area contributed by atoms with Crippen molar-refractivity contribution in [1.29, 1.82) is 0 Å². The van der Waals surface area contributed by atoms with Gasteiger partial charge in [0.1, 0.15) is 17.5 Å². The molecule has 0 amide bonds. The normalized spacial score (nSPS) is 16.5. The minimum Gasteiger partial charge on any atom is -0.497 e. The monoisotopic (exact) mass is 293 g/mol. The predicted molar refractivity (Wildman–Crippen MR) is 79.7 cm³/mol. The van der Waals surface area contributed by atoms with Crippen LogP contribution in [0.25, 0.3) is 0 Å². The predicted octanol–water partition coefficient (Wildman–Crippen LogP) is 2.45. The average Bonchev–Trinajstić information content (AvgIpc) is 3.04. The first-order valence-electron chi connectivity index (χ1n) is 7.25. The van der Waals surface area contributed by atoms with Gasteiger partial charge >= 0.3 is 5.97 Å². The molecule has 0 radical (unpaired) electrons. The van der Waals surface area contributed by atoms with Crippen molar-refractivity contribution in [3.8, 4) is 11.5 Å². The molecule has 0 bridgehead atoms. The largest absolute Gasteiger partial charge is 0.497 e. The molecule has 5 nitrogen and oxygen atoms in total. The van der Waals surface area contributed by atoms with Crippen LogP contribution < -0.4 is 14.8 Å². The number of benzene rings is 1. The fourth-order valence-electron chi connectivity index (χ4n) is 2.79. The maximum absolute atomic E-state index is 12.2. The van der Waals surface area contributed by atoms with Gasteiger partial charge in [0.2, 0.25) is 0 Å². The zero-order chi connectivity index (χ0) is 15.2. The van der Waals surface area contributed by atoms with Gasteiger partial charge in [-0.2, -0.15) is 0 Å². The summed E-state index contributed by atoms with van der Waals surface area (Å²) in [4.78, 5) is 12.2. The molecule has 0 saturated heterocycles. The van der Waals surface area contributed by atoms with Crippen molar-refractivity contribution in [2.45, 2.75) is 37.8 Å². The van der Waals surface area contributed by atoms with Gasteiger partial charge in [0.25, 0.3) is 0 Å². The molecule has 0 aliphatic heterocycles. The second-order valence-electron chi connectivity index (χ2n) is 5.21. The van der Waals surface area contributed by atoms with Crippen LogP contribution in [0.1, 0.15) is 37.3 Å². The Labute approximate surface area is 125 Å². The van der Waals surface area contributed by atoms with Crippen LogP contribution in [0.15, 0.2) is 18.2 Å². The average molecular weight is 293 g/mol. The fraction of sp³-hybridized carbons (Fsp3) is 0.562. The molecule has 0 spiro atoms. The van der Waals surface area contributed by atoms with Crippen LogP contribution in [0, 0.1) is 0 Å². The van der Waals surface area contributed by atoms with Crippen molar-refractivity contribution in [3.05, 3.63) is 23.8 Å². The summed E-state index contributed by atoms with van der Waals surface area (Å²) in [7, 11) is 4.59. The fourth-order valence-corrected chi connectivity index (χ4v) is 2.79. The van der Waals surface area contributed by atoms with E-state index in [0.29, 0.717) is 17.5 Å². The van der Waals surface area contributed by atoms with Crippen molar-refractivity contribution in [2.24, 2.45) is 0 Å². The zero-order valence-corrected chi connectivity index (χ0v) is 12.8. The number of rotatable bonds is 6. The van der Waals surface area contributed by atoms with Crippen LogP contribution in [0.3, 0.4) is 0 Å². The SMILES string of the molecule is COC(=O)C(NC1CCCC1)c1ccc(OC)cc1OC. The number of nitrogens with one attached hydrogen (secondary N) is 1. The lowest BCUT2D eigenvalue weighted by Crippen LogP contribution is -2.36. The van der Waals surface area contributed by atoms with E-state index in [1.807, 2.05) is 12.1 Å². The highest BCUT2D eigenvalue weighted by Gasteiger charge is 2.28. The molecule has 2 rings (SSSR count). The van der Waals surface area contributed by atoms with Crippen molar-refractivity contribution in [1.82, 2.24) is 5.32 Å². The molecule has 0 heterocycles. The first-order chi connectivity index (χ1) is 10.2. The van der Waals surface area contributed by atoms with Gasteiger partial charge in [-0.15, -0.1) is 0 Å². The van der Waals surface area contributed by atoms with Crippen molar-refractivity contribution in [2.75, 3.05) is 21.3 Å². The lowest BCUT2D eigenvalue weighted by Gasteiger charge is -2.23. The second kappa shape index (κ2) is 7.31. The summed E-state index contributed by atoms with van der Waals surface area (Å²) < 4.78 is 15.5. The lowest BCUT2D eigenvalue weighted by atomic mass is 10.0. The van der Waals surface area contributed by atoms with E-state index in [4.69, 9.17) is 14.2 Å². The summed E-state index contributed by atoms with van der Waals surface area (Å²) in [5.74, 6) is 1.01. The molecular weight excluding hydrogens is 270 g/mol. The Morgan fingerprint density at radius 3 is 2.48 bits per heavy atom. The third-order valence-corrected chi connectivity index (χ3v) is 3.95. The number of esters is 1. The molecule has 1 fully saturated rings. The number of hydrogen-bond donors (Lipinski definition) is 1. The summed E-state index contributed by atoms with van der Waals surface area (Å²) in [6, 6.07) is 5.28. The number of methoxy groups -OCH3 is 3. The molecule has 1 aromatic rings. The molecule has 1 aliphatic carbocycles. The summed E-state index contributed by atoms with van der Waals surface area (Å²) in [5, 5.41) is 3.40. The Kier molecular flexibility index (Phi) is 5.44. The zero-order valence-electron chi connectivity index (χ0n) is 12.8. The van der Waals surface area contributed by atoms with Crippen molar-refractivity contribution >= 4 is 5.97 Å². The molecule has 21 heavy (non-hydrogen) atoms. The number of ether oxygens (including phenoxy) is 3. The first-order valence-corrected chi connectivity index (χ1v) is 7.25. The molecule has 0 aromatic heterocycles. The van der Waals surface area contributed by atoms with E-state index in [-0.39, 0.29) is 5.97 Å². The highest BCUT2D eigenvalue weighted by molar-refractivity contribution is 5.78. The molecule has 1 N–H and O–H groups in total. The van der Waals surface area contributed by atoms with E-state index in [0.717, 1.165) is 18.4 Å². The molecule has 1 unspecified atom stereocenters. The van der Waals surface area contributed by atoms with Gasteiger partial charge in [0, 0.05) is 17.7 Å². The summed E-state index contributed by atoms with van der Waals surface area (Å²) >= 11 is 0. The molecular formula is C16H23NO4. The van der Waals surface area contributed by atoms with Gasteiger partial charge in [0.15, 0.2) is 0 Å². The smallest absolute Gasteiger partial charge is 0.327 e. The van der Waals surface area contributed by atoms with Gasteiger partial charge in [-0.3, -0.25) is 5.32 Å². The van der Waals surface area contributed by atoms with Crippen molar-refractivity contribution in [3.63, 3.8) is 0 Å². The topological polar surface area (TPSA) is 56.8 Å². The summed E-state index contributed by atoms with van der Waals surface area (Å²) in [5.41, 5.74) is 0.775. The Morgan fingerprint density at radius 1 is 1.19 bits per heavy atom. The molecule has 5 heteroatoms. The number of carbonyl (C=O) groups is 1. The van der Waals surface area contributed by atoms with E-state index in [2.05, 4.69) is 5.32 Å². The minimum absolute atomic E-state index is 0.301. The van der Waals surface area contributed by atoms with Crippen molar-refractivity contribution < 1.29 is 19.0 Å². The van der Waals surface area contributed by atoms with Crippen LogP contribution in [0.4, 0.5) is 0 Å². The van der Waals surface area contributed by atoms with Crippen LogP contribution in [-0.4, -0.2) is 33.3 Å². The lowest BCUT2D eigenvalue weighted by molar-refractivity contribution is -0.143. The van der Waals surface area contributed by atoms with Crippen LogP contribution >= 0.6 is 0 Å². The molecule has 1 atom stereocenters. The Bertz CT molecular complexity index is 483. The number of hydrogen-bond acceptors (Lipinski definition) is 5. The molecule has 116 valence electrons. The molecule has 1 aromatic carbocycles. The first kappa shape index (κ1) is 15.6. The Balaban J connectivity index is 2.28. The maximum Gasteiger partial charge on any atom is 0.327 e. The van der Waals surface area contributed by atoms with E-state index in [1.54, 1.807) is 20.3 Å².